The first-order valence-electron chi connectivity index (χ1n) is 8.40. The summed E-state index contributed by atoms with van der Waals surface area (Å²) in [5, 5.41) is 10.3. The molecule has 0 spiro atoms. The van der Waals surface area contributed by atoms with Gasteiger partial charge >= 0.3 is 6.18 Å². The van der Waals surface area contributed by atoms with Crippen molar-refractivity contribution in [2.45, 2.75) is 36.6 Å². The number of alkyl halides is 3. The first-order chi connectivity index (χ1) is 12.6. The lowest BCUT2D eigenvalue weighted by molar-refractivity contribution is -0.137. The Balaban J connectivity index is 2.19. The normalized spacial score (nSPS) is 18.6. The molecule has 1 fully saturated rings. The van der Waals surface area contributed by atoms with Crippen LogP contribution >= 0.6 is 0 Å². The van der Waals surface area contributed by atoms with E-state index in [1.807, 2.05) is 0 Å². The summed E-state index contributed by atoms with van der Waals surface area (Å²) in [6, 6.07) is 6.67. The zero-order valence-electron chi connectivity index (χ0n) is 14.6. The highest BCUT2D eigenvalue weighted by Crippen LogP contribution is 2.38. The number of aliphatic hydroxyl groups is 1. The number of piperidine rings is 1. The molecule has 1 aromatic carbocycles. The van der Waals surface area contributed by atoms with E-state index in [2.05, 4.69) is 4.98 Å². The molecule has 2 aromatic rings. The maximum atomic E-state index is 13.2. The lowest BCUT2D eigenvalue weighted by Crippen LogP contribution is -2.40. The van der Waals surface area contributed by atoms with Gasteiger partial charge in [0.05, 0.1) is 10.5 Å². The van der Waals surface area contributed by atoms with E-state index in [1.54, 1.807) is 4.90 Å². The van der Waals surface area contributed by atoms with Crippen molar-refractivity contribution < 1.29 is 26.7 Å². The van der Waals surface area contributed by atoms with E-state index in [-0.39, 0.29) is 16.3 Å². The van der Waals surface area contributed by atoms with E-state index < -0.39 is 27.8 Å². The Morgan fingerprint density at radius 2 is 1.96 bits per heavy atom. The Bertz CT molecular complexity index is 945. The Kier molecular flexibility index (Phi) is 5.18. The molecule has 5 nitrogen and oxygen atoms in total. The summed E-state index contributed by atoms with van der Waals surface area (Å²) in [7, 11) is -3.53. The van der Waals surface area contributed by atoms with E-state index in [9.17, 15) is 26.7 Å². The minimum absolute atomic E-state index is 0.00237. The summed E-state index contributed by atoms with van der Waals surface area (Å²) in [6.07, 6.45) is -1.58. The molecule has 2 heterocycles. The predicted molar refractivity (Wildman–Crippen MR) is 95.0 cm³/mol. The Morgan fingerprint density at radius 3 is 2.59 bits per heavy atom. The fourth-order valence-electron chi connectivity index (χ4n) is 3.11. The molecule has 0 bridgehead atoms. The topological polar surface area (TPSA) is 70.5 Å². The van der Waals surface area contributed by atoms with Gasteiger partial charge in [-0.05, 0) is 43.0 Å². The fraction of sp³-hybridized carbons (Fsp3) is 0.389. The minimum atomic E-state index is -4.59. The molecule has 146 valence electrons. The van der Waals surface area contributed by atoms with Gasteiger partial charge in [-0.1, -0.05) is 12.1 Å². The van der Waals surface area contributed by atoms with E-state index in [0.29, 0.717) is 18.5 Å². The highest BCUT2D eigenvalue weighted by molar-refractivity contribution is 7.90. The van der Waals surface area contributed by atoms with Gasteiger partial charge in [-0.3, -0.25) is 0 Å². The van der Waals surface area contributed by atoms with Crippen LogP contribution in [0.15, 0.2) is 41.4 Å². The van der Waals surface area contributed by atoms with Gasteiger partial charge in [-0.2, -0.15) is 13.2 Å². The third kappa shape index (κ3) is 4.24. The van der Waals surface area contributed by atoms with E-state index in [4.69, 9.17) is 0 Å². The first kappa shape index (κ1) is 19.6. The van der Waals surface area contributed by atoms with Crippen molar-refractivity contribution in [3.8, 4) is 11.1 Å². The van der Waals surface area contributed by atoms with Gasteiger partial charge in [0.1, 0.15) is 12.0 Å². The molecule has 1 atom stereocenters. The third-order valence-electron chi connectivity index (χ3n) is 4.51. The van der Waals surface area contributed by atoms with Crippen LogP contribution in [-0.2, 0) is 16.0 Å². The Labute approximate surface area is 155 Å². The van der Waals surface area contributed by atoms with Crippen molar-refractivity contribution in [2.24, 2.45) is 0 Å². The van der Waals surface area contributed by atoms with Crippen molar-refractivity contribution >= 4 is 15.7 Å². The van der Waals surface area contributed by atoms with E-state index >= 15 is 0 Å². The van der Waals surface area contributed by atoms with Gasteiger partial charge in [0.2, 0.25) is 0 Å². The number of halogens is 3. The summed E-state index contributed by atoms with van der Waals surface area (Å²) in [5.41, 5.74) is -0.502. The second-order valence-electron chi connectivity index (χ2n) is 6.56. The van der Waals surface area contributed by atoms with E-state index in [0.717, 1.165) is 31.4 Å². The van der Waals surface area contributed by atoms with Crippen LogP contribution in [0.2, 0.25) is 0 Å². The third-order valence-corrected chi connectivity index (χ3v) is 5.62. The molecule has 1 aromatic heterocycles. The summed E-state index contributed by atoms with van der Waals surface area (Å²) >= 11 is 0. The number of hydrogen-bond acceptors (Lipinski definition) is 5. The lowest BCUT2D eigenvalue weighted by atomic mass is 10.0. The molecule has 1 N–H and O–H groups in total. The molecule has 0 amide bonds. The molecule has 1 saturated heterocycles. The van der Waals surface area contributed by atoms with Gasteiger partial charge in [-0.25, -0.2) is 13.4 Å². The van der Waals surface area contributed by atoms with Crippen LogP contribution in [0.5, 0.6) is 0 Å². The quantitative estimate of drug-likeness (QED) is 0.854. The largest absolute Gasteiger partial charge is 0.417 e. The van der Waals surface area contributed by atoms with Crippen molar-refractivity contribution in [1.29, 1.82) is 0 Å². The van der Waals surface area contributed by atoms with Crippen LogP contribution in [0.3, 0.4) is 0 Å². The molecule has 27 heavy (non-hydrogen) atoms. The number of sulfone groups is 1. The molecule has 0 saturated carbocycles. The summed E-state index contributed by atoms with van der Waals surface area (Å²) < 4.78 is 63.3. The molecule has 3 rings (SSSR count). The highest BCUT2D eigenvalue weighted by Gasteiger charge is 2.33. The molecule has 0 aliphatic carbocycles. The Hall–Kier alpha value is -2.13. The standard InChI is InChI=1S/C18H19F3N2O3S/c1-27(25,26)14-6-4-5-12(9-14)15-10-13(18(19,20)21)11-22-17(15)23-8-3-2-7-16(23)24/h4-6,9-11,16,24H,2-3,7-8H2,1H3. The molecular weight excluding hydrogens is 381 g/mol. The smallest absolute Gasteiger partial charge is 0.374 e. The van der Waals surface area contributed by atoms with E-state index in [1.165, 1.54) is 24.3 Å². The summed E-state index contributed by atoms with van der Waals surface area (Å²) in [4.78, 5) is 5.55. The maximum Gasteiger partial charge on any atom is 0.417 e. The van der Waals surface area contributed by atoms with Crippen molar-refractivity contribution in [1.82, 2.24) is 4.98 Å². The Morgan fingerprint density at radius 1 is 1.22 bits per heavy atom. The van der Waals surface area contributed by atoms with Gasteiger partial charge in [0.25, 0.3) is 0 Å². The van der Waals surface area contributed by atoms with Gasteiger partial charge in [0, 0.05) is 24.6 Å². The number of aromatic nitrogens is 1. The second kappa shape index (κ2) is 7.12. The van der Waals surface area contributed by atoms with Crippen LogP contribution in [0.25, 0.3) is 11.1 Å². The van der Waals surface area contributed by atoms with Gasteiger partial charge in [0.15, 0.2) is 9.84 Å². The molecular formula is C18H19F3N2O3S. The second-order valence-corrected chi connectivity index (χ2v) is 8.58. The zero-order valence-corrected chi connectivity index (χ0v) is 15.4. The van der Waals surface area contributed by atoms with Crippen LogP contribution in [0.1, 0.15) is 24.8 Å². The number of benzene rings is 1. The van der Waals surface area contributed by atoms with Gasteiger partial charge in [-0.15, -0.1) is 0 Å². The number of hydrogen-bond donors (Lipinski definition) is 1. The molecule has 1 aliphatic rings. The number of rotatable bonds is 3. The molecule has 1 aliphatic heterocycles. The molecule has 9 heteroatoms. The predicted octanol–water partition coefficient (Wildman–Crippen LogP) is 3.48. The molecule has 0 radical (unpaired) electrons. The molecule has 1 unspecified atom stereocenters. The fourth-order valence-corrected chi connectivity index (χ4v) is 3.78. The van der Waals surface area contributed by atoms with Crippen LogP contribution in [0.4, 0.5) is 19.0 Å². The highest BCUT2D eigenvalue weighted by atomic mass is 32.2. The number of pyridine rings is 1. The average Bonchev–Trinajstić information content (AvgIpc) is 2.60. The summed E-state index contributed by atoms with van der Waals surface area (Å²) in [5.74, 6) is 0.209. The lowest BCUT2D eigenvalue weighted by Gasteiger charge is -2.34. The zero-order chi connectivity index (χ0) is 19.8. The summed E-state index contributed by atoms with van der Waals surface area (Å²) in [6.45, 7) is 0.457. The average molecular weight is 400 g/mol. The van der Waals surface area contributed by atoms with Crippen LogP contribution in [0, 0.1) is 0 Å². The number of aliphatic hydroxyl groups excluding tert-OH is 1. The van der Waals surface area contributed by atoms with Crippen molar-refractivity contribution in [3.05, 3.63) is 42.1 Å². The number of nitrogens with zero attached hydrogens (tertiary/aromatic N) is 2. The SMILES string of the molecule is CS(=O)(=O)c1cccc(-c2cc(C(F)(F)F)cnc2N2CCCCC2O)c1. The van der Waals surface area contributed by atoms with Crippen molar-refractivity contribution in [3.63, 3.8) is 0 Å². The van der Waals surface area contributed by atoms with Crippen molar-refractivity contribution in [2.75, 3.05) is 17.7 Å². The van der Waals surface area contributed by atoms with Crippen LogP contribution < -0.4 is 4.90 Å². The first-order valence-corrected chi connectivity index (χ1v) is 10.3. The minimum Gasteiger partial charge on any atom is -0.374 e. The maximum absolute atomic E-state index is 13.2. The monoisotopic (exact) mass is 400 g/mol. The van der Waals surface area contributed by atoms with Crippen LogP contribution in [-0.4, -0.2) is 37.5 Å². The van der Waals surface area contributed by atoms with Gasteiger partial charge < -0.3 is 10.0 Å². The number of anilines is 1.